The standard InChI is InChI=1S/C15H27NO4.C2H6.CH2O/c1-12(20-11-13-6-4-3-5-7-13)10-14(17)16-9-8-15(18)19-2;2*1-2/h12-13H,3-11H2,1-2H3,(H,16,17);1-2H3;1H2. The number of hydrogen-bond donors (Lipinski definition) is 1. The van der Waals surface area contributed by atoms with Crippen LogP contribution in [0.15, 0.2) is 0 Å². The van der Waals surface area contributed by atoms with E-state index in [1.54, 1.807) is 0 Å². The van der Waals surface area contributed by atoms with E-state index in [4.69, 9.17) is 9.53 Å². The molecule has 6 nitrogen and oxygen atoms in total. The molecule has 1 saturated carbocycles. The summed E-state index contributed by atoms with van der Waals surface area (Å²) in [5, 5.41) is 2.70. The molecule has 1 aliphatic rings. The summed E-state index contributed by atoms with van der Waals surface area (Å²) in [6.45, 7) is 9.00. The minimum Gasteiger partial charge on any atom is -0.469 e. The zero-order chi connectivity index (χ0) is 18.8. The summed E-state index contributed by atoms with van der Waals surface area (Å²) in [5.41, 5.74) is 0. The van der Waals surface area contributed by atoms with Crippen LogP contribution in [0.4, 0.5) is 0 Å². The number of methoxy groups -OCH3 is 1. The minimum absolute atomic E-state index is 0.0740. The highest BCUT2D eigenvalue weighted by Gasteiger charge is 2.16. The van der Waals surface area contributed by atoms with Gasteiger partial charge >= 0.3 is 5.97 Å². The topological polar surface area (TPSA) is 81.7 Å². The Balaban J connectivity index is 0. The number of carbonyl (C=O) groups is 3. The summed E-state index contributed by atoms with van der Waals surface area (Å²) < 4.78 is 10.3. The van der Waals surface area contributed by atoms with Gasteiger partial charge in [-0.25, -0.2) is 0 Å². The maximum atomic E-state index is 11.6. The predicted molar refractivity (Wildman–Crippen MR) is 94.7 cm³/mol. The molecule has 1 fully saturated rings. The van der Waals surface area contributed by atoms with Gasteiger partial charge in [-0.15, -0.1) is 0 Å². The number of amides is 1. The maximum absolute atomic E-state index is 11.6. The Labute approximate surface area is 146 Å². The van der Waals surface area contributed by atoms with E-state index in [9.17, 15) is 9.59 Å². The number of rotatable bonds is 8. The van der Waals surface area contributed by atoms with Crippen molar-refractivity contribution in [1.82, 2.24) is 5.32 Å². The monoisotopic (exact) mass is 345 g/mol. The lowest BCUT2D eigenvalue weighted by molar-refractivity contribution is -0.140. The van der Waals surface area contributed by atoms with Crippen molar-refractivity contribution in [2.45, 2.75) is 71.8 Å². The Morgan fingerprint density at radius 3 is 2.29 bits per heavy atom. The van der Waals surface area contributed by atoms with E-state index in [1.807, 2.05) is 27.6 Å². The van der Waals surface area contributed by atoms with Crippen molar-refractivity contribution >= 4 is 18.7 Å². The molecule has 1 atom stereocenters. The van der Waals surface area contributed by atoms with Crippen molar-refractivity contribution in [3.63, 3.8) is 0 Å². The third-order valence-corrected chi connectivity index (χ3v) is 3.69. The second kappa shape index (κ2) is 17.9. The molecule has 1 aliphatic carbocycles. The Hall–Kier alpha value is -1.43. The van der Waals surface area contributed by atoms with Crippen LogP contribution in [0.1, 0.15) is 65.7 Å². The van der Waals surface area contributed by atoms with E-state index in [-0.39, 0.29) is 24.4 Å². The predicted octanol–water partition coefficient (Wildman–Crippen LogP) is 2.88. The third kappa shape index (κ3) is 14.2. The van der Waals surface area contributed by atoms with Gasteiger partial charge in [-0.1, -0.05) is 33.1 Å². The molecule has 0 aromatic heterocycles. The quantitative estimate of drug-likeness (QED) is 0.684. The van der Waals surface area contributed by atoms with Gasteiger partial charge in [0.25, 0.3) is 0 Å². The SMILES string of the molecule is C=O.CC.COC(=O)CCNC(=O)CC(C)OCC1CCCCC1. The smallest absolute Gasteiger partial charge is 0.307 e. The second-order valence-corrected chi connectivity index (χ2v) is 5.53. The van der Waals surface area contributed by atoms with Gasteiger partial charge in [-0.2, -0.15) is 0 Å². The van der Waals surface area contributed by atoms with Crippen LogP contribution in [0.25, 0.3) is 0 Å². The number of carbonyl (C=O) groups excluding carboxylic acids is 3. The summed E-state index contributed by atoms with van der Waals surface area (Å²) in [6.07, 6.45) is 6.92. The summed E-state index contributed by atoms with van der Waals surface area (Å²) in [6, 6.07) is 0. The summed E-state index contributed by atoms with van der Waals surface area (Å²) in [7, 11) is 1.34. The van der Waals surface area contributed by atoms with Gasteiger partial charge in [-0.3, -0.25) is 9.59 Å². The number of ether oxygens (including phenoxy) is 2. The Morgan fingerprint density at radius 1 is 1.17 bits per heavy atom. The van der Waals surface area contributed by atoms with E-state index in [2.05, 4.69) is 10.1 Å². The molecule has 6 heteroatoms. The Bertz CT molecular complexity index is 317. The maximum Gasteiger partial charge on any atom is 0.307 e. The van der Waals surface area contributed by atoms with Gasteiger partial charge in [0.1, 0.15) is 6.79 Å². The largest absolute Gasteiger partial charge is 0.469 e. The Kier molecular flexibility index (Phi) is 18.5. The van der Waals surface area contributed by atoms with Crippen molar-refractivity contribution in [2.75, 3.05) is 20.3 Å². The fraction of sp³-hybridized carbons (Fsp3) is 0.833. The van der Waals surface area contributed by atoms with E-state index >= 15 is 0 Å². The molecule has 0 aromatic rings. The fourth-order valence-corrected chi connectivity index (χ4v) is 2.45. The lowest BCUT2D eigenvalue weighted by Gasteiger charge is -2.23. The van der Waals surface area contributed by atoms with Crippen LogP contribution in [0.2, 0.25) is 0 Å². The molecular weight excluding hydrogens is 310 g/mol. The molecule has 142 valence electrons. The van der Waals surface area contributed by atoms with E-state index in [0.29, 0.717) is 18.9 Å². The zero-order valence-corrected chi connectivity index (χ0v) is 15.8. The minimum atomic E-state index is -0.313. The first-order valence-corrected chi connectivity index (χ1v) is 8.85. The van der Waals surface area contributed by atoms with Crippen LogP contribution in [-0.4, -0.2) is 45.0 Å². The first-order chi connectivity index (χ1) is 11.6. The average molecular weight is 345 g/mol. The normalized spacial score (nSPS) is 15.0. The molecule has 0 aliphatic heterocycles. The number of nitrogens with one attached hydrogen (secondary N) is 1. The molecule has 0 saturated heterocycles. The molecule has 0 heterocycles. The van der Waals surface area contributed by atoms with Crippen molar-refractivity contribution in [3.8, 4) is 0 Å². The molecule has 0 radical (unpaired) electrons. The van der Waals surface area contributed by atoms with Crippen molar-refractivity contribution in [3.05, 3.63) is 0 Å². The second-order valence-electron chi connectivity index (χ2n) is 5.53. The van der Waals surface area contributed by atoms with Crippen molar-refractivity contribution < 1.29 is 23.9 Å². The van der Waals surface area contributed by atoms with Gasteiger partial charge < -0.3 is 19.6 Å². The molecule has 24 heavy (non-hydrogen) atoms. The van der Waals surface area contributed by atoms with Crippen LogP contribution in [0.5, 0.6) is 0 Å². The summed E-state index contributed by atoms with van der Waals surface area (Å²) >= 11 is 0. The third-order valence-electron chi connectivity index (χ3n) is 3.69. The molecule has 1 rings (SSSR count). The number of hydrogen-bond acceptors (Lipinski definition) is 5. The van der Waals surface area contributed by atoms with Gasteiger partial charge in [0, 0.05) is 13.2 Å². The lowest BCUT2D eigenvalue weighted by Crippen LogP contribution is -2.30. The molecule has 1 N–H and O–H groups in total. The molecule has 0 bridgehead atoms. The highest BCUT2D eigenvalue weighted by atomic mass is 16.5. The Morgan fingerprint density at radius 2 is 1.75 bits per heavy atom. The van der Waals surface area contributed by atoms with Crippen LogP contribution in [-0.2, 0) is 23.9 Å². The lowest BCUT2D eigenvalue weighted by atomic mass is 9.90. The van der Waals surface area contributed by atoms with Crippen molar-refractivity contribution in [1.29, 1.82) is 0 Å². The van der Waals surface area contributed by atoms with Crippen LogP contribution in [0.3, 0.4) is 0 Å². The van der Waals surface area contributed by atoms with Crippen LogP contribution >= 0.6 is 0 Å². The molecule has 1 amide bonds. The molecule has 0 aromatic carbocycles. The van der Waals surface area contributed by atoms with Crippen molar-refractivity contribution in [2.24, 2.45) is 5.92 Å². The van der Waals surface area contributed by atoms with Gasteiger partial charge in [-0.05, 0) is 25.7 Å². The van der Waals surface area contributed by atoms with Gasteiger partial charge in [0.05, 0.1) is 26.1 Å². The molecule has 0 spiro atoms. The molecular formula is C18H35NO5. The van der Waals surface area contributed by atoms with Gasteiger partial charge in [0.15, 0.2) is 0 Å². The van der Waals surface area contributed by atoms with E-state index in [1.165, 1.54) is 39.2 Å². The highest BCUT2D eigenvalue weighted by Crippen LogP contribution is 2.24. The van der Waals surface area contributed by atoms with Crippen LogP contribution < -0.4 is 5.32 Å². The van der Waals surface area contributed by atoms with E-state index in [0.717, 1.165) is 6.61 Å². The first-order valence-electron chi connectivity index (χ1n) is 8.85. The zero-order valence-electron chi connectivity index (χ0n) is 15.8. The fourth-order valence-electron chi connectivity index (χ4n) is 2.45. The summed E-state index contributed by atoms with van der Waals surface area (Å²) in [5.74, 6) is 0.269. The van der Waals surface area contributed by atoms with Crippen LogP contribution in [0, 0.1) is 5.92 Å². The highest BCUT2D eigenvalue weighted by molar-refractivity contribution is 5.77. The number of esters is 1. The van der Waals surface area contributed by atoms with Gasteiger partial charge in [0.2, 0.25) is 5.91 Å². The molecule has 1 unspecified atom stereocenters. The van der Waals surface area contributed by atoms with E-state index < -0.39 is 0 Å². The summed E-state index contributed by atoms with van der Waals surface area (Å²) in [4.78, 5) is 30.5. The average Bonchev–Trinajstić information content (AvgIpc) is 2.64. The first kappa shape index (κ1) is 24.8.